The highest BCUT2D eigenvalue weighted by Gasteiger charge is 2.21. The van der Waals surface area contributed by atoms with E-state index in [9.17, 15) is 9.00 Å². The molecule has 0 radical (unpaired) electrons. The number of ketones is 1. The zero-order valence-corrected chi connectivity index (χ0v) is 16.1. The van der Waals surface area contributed by atoms with Crippen LogP contribution in [0.25, 0.3) is 0 Å². The second-order valence-electron chi connectivity index (χ2n) is 5.76. The molecule has 0 bridgehead atoms. The molecule has 27 heavy (non-hydrogen) atoms. The lowest BCUT2D eigenvalue weighted by Crippen LogP contribution is -2.07. The zero-order chi connectivity index (χ0) is 19.6. The SMILES string of the molecule is Cc1cncc(C)c1C(=O)c1sc(Nc2ccc(NS(=O)O)cc2)nc1N. The van der Waals surface area contributed by atoms with E-state index in [0.29, 0.717) is 26.9 Å². The number of carbonyl (C=O) groups is 1. The molecule has 10 heteroatoms. The van der Waals surface area contributed by atoms with E-state index < -0.39 is 11.3 Å². The molecule has 0 fully saturated rings. The average molecular weight is 403 g/mol. The van der Waals surface area contributed by atoms with E-state index >= 15 is 0 Å². The number of nitrogens with one attached hydrogen (secondary N) is 2. The number of nitrogens with two attached hydrogens (primary N) is 1. The first-order valence-corrected chi connectivity index (χ1v) is 9.74. The van der Waals surface area contributed by atoms with Gasteiger partial charge in [0.2, 0.25) is 5.78 Å². The Morgan fingerprint density at radius 2 is 1.74 bits per heavy atom. The van der Waals surface area contributed by atoms with Gasteiger partial charge in [-0.2, -0.15) is 0 Å². The molecule has 3 rings (SSSR count). The molecule has 5 N–H and O–H groups in total. The summed E-state index contributed by atoms with van der Waals surface area (Å²) in [6.07, 6.45) is 3.29. The van der Waals surface area contributed by atoms with Crippen LogP contribution in [-0.4, -0.2) is 24.5 Å². The molecule has 0 aliphatic carbocycles. The van der Waals surface area contributed by atoms with Gasteiger partial charge in [0.25, 0.3) is 11.3 Å². The van der Waals surface area contributed by atoms with E-state index in [1.54, 1.807) is 36.7 Å². The third-order valence-electron chi connectivity index (χ3n) is 3.75. The normalized spacial score (nSPS) is 11.8. The summed E-state index contributed by atoms with van der Waals surface area (Å²) < 4.78 is 21.9. The molecular formula is C17H17N5O3S2. The quantitative estimate of drug-likeness (QED) is 0.367. The van der Waals surface area contributed by atoms with Gasteiger partial charge in [0.15, 0.2) is 5.13 Å². The number of thiazole rings is 1. The van der Waals surface area contributed by atoms with Crippen LogP contribution in [0.2, 0.25) is 0 Å². The van der Waals surface area contributed by atoms with Crippen LogP contribution in [0.15, 0.2) is 36.7 Å². The van der Waals surface area contributed by atoms with Crippen LogP contribution in [0.3, 0.4) is 0 Å². The van der Waals surface area contributed by atoms with Gasteiger partial charge in [-0.1, -0.05) is 11.3 Å². The highest BCUT2D eigenvalue weighted by atomic mass is 32.2. The van der Waals surface area contributed by atoms with Crippen molar-refractivity contribution in [3.8, 4) is 0 Å². The Morgan fingerprint density at radius 1 is 1.15 bits per heavy atom. The van der Waals surface area contributed by atoms with Crippen molar-refractivity contribution in [1.29, 1.82) is 0 Å². The molecule has 0 spiro atoms. The van der Waals surface area contributed by atoms with Crippen molar-refractivity contribution in [2.75, 3.05) is 15.8 Å². The molecular weight excluding hydrogens is 386 g/mol. The number of rotatable bonds is 6. The maximum atomic E-state index is 12.9. The van der Waals surface area contributed by atoms with E-state index in [0.717, 1.165) is 11.1 Å². The summed E-state index contributed by atoms with van der Waals surface area (Å²) in [5.74, 6) is -0.0162. The largest absolute Gasteiger partial charge is 0.382 e. The van der Waals surface area contributed by atoms with Crippen LogP contribution in [0.1, 0.15) is 26.4 Å². The summed E-state index contributed by atoms with van der Waals surface area (Å²) in [6, 6.07) is 6.71. The molecule has 0 saturated heterocycles. The number of carbonyl (C=O) groups excluding carboxylic acids is 1. The van der Waals surface area contributed by atoms with Crippen molar-refractivity contribution in [1.82, 2.24) is 9.97 Å². The molecule has 8 nitrogen and oxygen atoms in total. The Morgan fingerprint density at radius 3 is 2.33 bits per heavy atom. The minimum absolute atomic E-state index is 0.164. The monoisotopic (exact) mass is 403 g/mol. The Balaban J connectivity index is 1.82. The van der Waals surface area contributed by atoms with Gasteiger partial charge in [0.1, 0.15) is 10.7 Å². The predicted molar refractivity (Wildman–Crippen MR) is 108 cm³/mol. The number of anilines is 4. The first kappa shape index (κ1) is 19.0. The van der Waals surface area contributed by atoms with Gasteiger partial charge in [-0.3, -0.25) is 19.1 Å². The maximum absolute atomic E-state index is 12.9. The lowest BCUT2D eigenvalue weighted by Gasteiger charge is -2.06. The van der Waals surface area contributed by atoms with Crippen molar-refractivity contribution in [2.24, 2.45) is 0 Å². The number of nitrogen functional groups attached to an aromatic ring is 1. The Kier molecular flexibility index (Phi) is 5.49. The minimum atomic E-state index is -2.13. The van der Waals surface area contributed by atoms with Gasteiger partial charge in [0.05, 0.1) is 0 Å². The average Bonchev–Trinajstić information content (AvgIpc) is 2.96. The highest BCUT2D eigenvalue weighted by molar-refractivity contribution is 7.80. The molecule has 0 amide bonds. The van der Waals surface area contributed by atoms with Crippen molar-refractivity contribution < 1.29 is 13.6 Å². The number of aryl methyl sites for hydroxylation is 2. The number of aromatic nitrogens is 2. The second kappa shape index (κ2) is 7.82. The standard InChI is InChI=1S/C17H17N5O3S2/c1-9-7-19-8-10(2)13(9)14(23)15-16(18)21-17(26-15)20-11-3-5-12(6-4-11)22-27(24)25/h3-8,22H,18H2,1-2H3,(H,20,21)(H,24,25). The lowest BCUT2D eigenvalue weighted by molar-refractivity contribution is 0.104. The third-order valence-corrected chi connectivity index (χ3v) is 5.15. The number of nitrogens with zero attached hydrogens (tertiary/aromatic N) is 2. The molecule has 1 atom stereocenters. The van der Waals surface area contributed by atoms with E-state index in [-0.39, 0.29) is 11.6 Å². The van der Waals surface area contributed by atoms with E-state index in [1.807, 2.05) is 13.8 Å². The van der Waals surface area contributed by atoms with Crippen molar-refractivity contribution in [3.05, 3.63) is 58.2 Å². The number of hydrogen-bond acceptors (Lipinski definition) is 7. The summed E-state index contributed by atoms with van der Waals surface area (Å²) in [5.41, 5.74) is 9.32. The summed E-state index contributed by atoms with van der Waals surface area (Å²) >= 11 is -0.959. The van der Waals surface area contributed by atoms with E-state index in [2.05, 4.69) is 20.0 Å². The molecule has 140 valence electrons. The molecule has 0 saturated carbocycles. The van der Waals surface area contributed by atoms with Gasteiger partial charge < -0.3 is 11.1 Å². The Hall–Kier alpha value is -2.82. The molecule has 1 aromatic carbocycles. The predicted octanol–water partition coefficient (Wildman–Crippen LogP) is 3.26. The zero-order valence-electron chi connectivity index (χ0n) is 14.5. The second-order valence-corrected chi connectivity index (χ2v) is 7.47. The van der Waals surface area contributed by atoms with Gasteiger partial charge >= 0.3 is 0 Å². The van der Waals surface area contributed by atoms with Crippen molar-refractivity contribution >= 4 is 50.7 Å². The first-order valence-electron chi connectivity index (χ1n) is 7.82. The smallest absolute Gasteiger partial charge is 0.259 e. The lowest BCUT2D eigenvalue weighted by atomic mass is 10.0. The Bertz CT molecular complexity index is 998. The van der Waals surface area contributed by atoms with Crippen LogP contribution < -0.4 is 15.8 Å². The maximum Gasteiger partial charge on any atom is 0.259 e. The van der Waals surface area contributed by atoms with Gasteiger partial charge in [0, 0.05) is 29.3 Å². The molecule has 0 aliphatic rings. The fraction of sp³-hybridized carbons (Fsp3) is 0.118. The van der Waals surface area contributed by atoms with E-state index in [1.165, 1.54) is 11.3 Å². The molecule has 0 aliphatic heterocycles. The van der Waals surface area contributed by atoms with Crippen LogP contribution in [0.5, 0.6) is 0 Å². The van der Waals surface area contributed by atoms with Crippen LogP contribution in [0.4, 0.5) is 22.3 Å². The first-order chi connectivity index (χ1) is 12.8. The van der Waals surface area contributed by atoms with Gasteiger partial charge in [-0.25, -0.2) is 9.19 Å². The highest BCUT2D eigenvalue weighted by Crippen LogP contribution is 2.31. The molecule has 2 heterocycles. The minimum Gasteiger partial charge on any atom is -0.382 e. The van der Waals surface area contributed by atoms with Crippen molar-refractivity contribution in [2.45, 2.75) is 13.8 Å². The summed E-state index contributed by atoms with van der Waals surface area (Å²) in [4.78, 5) is 21.6. The van der Waals surface area contributed by atoms with Crippen LogP contribution in [0, 0.1) is 13.8 Å². The van der Waals surface area contributed by atoms with E-state index in [4.69, 9.17) is 10.3 Å². The number of benzene rings is 1. The van der Waals surface area contributed by atoms with Crippen LogP contribution >= 0.6 is 11.3 Å². The van der Waals surface area contributed by atoms with Crippen LogP contribution in [-0.2, 0) is 11.3 Å². The van der Waals surface area contributed by atoms with Gasteiger partial charge in [-0.05, 0) is 49.2 Å². The Labute approximate surface area is 162 Å². The summed E-state index contributed by atoms with van der Waals surface area (Å²) in [6.45, 7) is 3.66. The number of hydrogen-bond donors (Lipinski definition) is 4. The molecule has 2 aromatic heterocycles. The van der Waals surface area contributed by atoms with Crippen molar-refractivity contribution in [3.63, 3.8) is 0 Å². The molecule has 3 aromatic rings. The number of pyridine rings is 1. The summed E-state index contributed by atoms with van der Waals surface area (Å²) in [7, 11) is 0. The fourth-order valence-corrected chi connectivity index (χ4v) is 3.76. The van der Waals surface area contributed by atoms with Gasteiger partial charge in [-0.15, -0.1) is 0 Å². The molecule has 1 unspecified atom stereocenters. The third kappa shape index (κ3) is 4.30. The summed E-state index contributed by atoms with van der Waals surface area (Å²) in [5, 5.41) is 3.56. The fourth-order valence-electron chi connectivity index (χ4n) is 2.57. The topological polar surface area (TPSA) is 130 Å².